The van der Waals surface area contributed by atoms with E-state index in [1.807, 2.05) is 0 Å². The molecule has 0 atom stereocenters. The minimum Gasteiger partial charge on any atom is -0.545 e. The van der Waals surface area contributed by atoms with E-state index in [-0.39, 0.29) is 29.5 Å². The number of pyridine rings is 1. The molecule has 2 rings (SSSR count). The predicted molar refractivity (Wildman–Crippen MR) is 60.8 cm³/mol. The Kier molecular flexibility index (Phi) is 3.83. The van der Waals surface area contributed by atoms with E-state index in [2.05, 4.69) is 9.17 Å². The highest BCUT2D eigenvalue weighted by Gasteiger charge is 2.49. The highest BCUT2D eigenvalue weighted by molar-refractivity contribution is 7.87. The maximum Gasteiger partial charge on any atom is 0.534 e. The summed E-state index contributed by atoms with van der Waals surface area (Å²) in [5.41, 5.74) is -5.57. The molecule has 0 bridgehead atoms. The van der Waals surface area contributed by atoms with Crippen LogP contribution in [0.2, 0.25) is 0 Å². The second-order valence-electron chi connectivity index (χ2n) is 4.41. The van der Waals surface area contributed by atoms with Crippen LogP contribution in [0.5, 0.6) is 5.88 Å². The van der Waals surface area contributed by atoms with E-state index < -0.39 is 27.5 Å². The van der Waals surface area contributed by atoms with Gasteiger partial charge in [-0.05, 0) is 31.2 Å². The van der Waals surface area contributed by atoms with Crippen LogP contribution < -0.4 is 9.29 Å². The van der Waals surface area contributed by atoms with E-state index in [0.717, 1.165) is 6.20 Å². The largest absolute Gasteiger partial charge is 0.545 e. The molecule has 1 aromatic rings. The van der Waals surface area contributed by atoms with E-state index in [9.17, 15) is 31.5 Å². The van der Waals surface area contributed by atoms with Gasteiger partial charge in [-0.1, -0.05) is 0 Å². The third-order valence-corrected chi connectivity index (χ3v) is 4.00. The normalized spacial score (nSPS) is 15.4. The number of carboxylic acids is 1. The molecule has 0 N–H and O–H groups in total. The predicted octanol–water partition coefficient (Wildman–Crippen LogP) is 0.552. The average Bonchev–Trinajstić information content (AvgIpc) is 2.37. The number of halogens is 3. The minimum absolute atomic E-state index is 0.0655. The van der Waals surface area contributed by atoms with Crippen LogP contribution in [0.15, 0.2) is 6.20 Å². The van der Waals surface area contributed by atoms with Gasteiger partial charge in [0.25, 0.3) is 0 Å². The molecule has 0 aliphatic heterocycles. The van der Waals surface area contributed by atoms with Crippen molar-refractivity contribution < 1.29 is 35.7 Å². The number of carbonyl (C=O) groups is 1. The van der Waals surface area contributed by atoms with E-state index in [1.54, 1.807) is 0 Å². The molecule has 0 unspecified atom stereocenters. The van der Waals surface area contributed by atoms with Crippen molar-refractivity contribution >= 4 is 16.1 Å². The molecule has 1 aromatic heterocycles. The summed E-state index contributed by atoms with van der Waals surface area (Å²) in [4.78, 5) is 14.3. The van der Waals surface area contributed by atoms with Gasteiger partial charge in [0.15, 0.2) is 0 Å². The molecule has 0 fully saturated rings. The number of rotatable bonds is 3. The van der Waals surface area contributed by atoms with Gasteiger partial charge in [-0.3, -0.25) is 0 Å². The Balaban J connectivity index is 2.50. The molecule has 6 nitrogen and oxygen atoms in total. The second kappa shape index (κ2) is 5.17. The van der Waals surface area contributed by atoms with Crippen molar-refractivity contribution in [2.45, 2.75) is 31.2 Å². The smallest absolute Gasteiger partial charge is 0.534 e. The van der Waals surface area contributed by atoms with Gasteiger partial charge in [-0.25, -0.2) is 4.98 Å². The zero-order chi connectivity index (χ0) is 15.8. The first-order valence-corrected chi connectivity index (χ1v) is 7.27. The molecule has 0 amide bonds. The van der Waals surface area contributed by atoms with Gasteiger partial charge >= 0.3 is 15.6 Å². The molecule has 10 heteroatoms. The fraction of sp³-hybridized carbons (Fsp3) is 0.455. The molecule has 1 aliphatic rings. The minimum atomic E-state index is -5.84. The third kappa shape index (κ3) is 2.94. The van der Waals surface area contributed by atoms with Crippen molar-refractivity contribution in [1.82, 2.24) is 4.98 Å². The molecule has 116 valence electrons. The molecule has 21 heavy (non-hydrogen) atoms. The van der Waals surface area contributed by atoms with Gasteiger partial charge in [0.05, 0.1) is 5.97 Å². The van der Waals surface area contributed by atoms with Gasteiger partial charge in [0.1, 0.15) is 0 Å². The van der Waals surface area contributed by atoms with Crippen molar-refractivity contribution in [3.05, 3.63) is 22.9 Å². The highest BCUT2D eigenvalue weighted by Crippen LogP contribution is 2.33. The van der Waals surface area contributed by atoms with Crippen LogP contribution in [0.3, 0.4) is 0 Å². The Morgan fingerprint density at radius 1 is 1.24 bits per heavy atom. The fourth-order valence-electron chi connectivity index (χ4n) is 2.12. The van der Waals surface area contributed by atoms with Crippen molar-refractivity contribution in [3.8, 4) is 5.88 Å². The Morgan fingerprint density at radius 3 is 2.33 bits per heavy atom. The van der Waals surface area contributed by atoms with E-state index in [0.29, 0.717) is 12.8 Å². The number of hydrogen-bond donors (Lipinski definition) is 0. The Bertz CT molecular complexity index is 684. The Hall–Kier alpha value is -1.84. The molecule has 0 saturated carbocycles. The maximum absolute atomic E-state index is 12.3. The van der Waals surface area contributed by atoms with Gasteiger partial charge in [-0.2, -0.15) is 21.6 Å². The maximum atomic E-state index is 12.3. The molecular formula is C11H9F3NO5S-. The first kappa shape index (κ1) is 15.5. The average molecular weight is 324 g/mol. The standard InChI is InChI=1S/C11H10F3NO5S/c12-11(13,14)21(18,19)20-9-7-4-2-1-3-6(7)8(5-15-9)10(16)17/h5H,1-4H2,(H,16,17)/p-1. The summed E-state index contributed by atoms with van der Waals surface area (Å²) < 4.78 is 63.0. The van der Waals surface area contributed by atoms with E-state index in [1.165, 1.54) is 0 Å². The van der Waals surface area contributed by atoms with E-state index >= 15 is 0 Å². The molecule has 1 aliphatic carbocycles. The molecule has 0 aromatic carbocycles. The number of hydrogen-bond acceptors (Lipinski definition) is 6. The summed E-state index contributed by atoms with van der Waals surface area (Å²) in [6, 6.07) is 0. The molecule has 0 spiro atoms. The van der Waals surface area contributed by atoms with Crippen molar-refractivity contribution in [2.24, 2.45) is 0 Å². The summed E-state index contributed by atoms with van der Waals surface area (Å²) in [5.74, 6) is -2.25. The molecule has 1 heterocycles. The van der Waals surface area contributed by atoms with Crippen LogP contribution in [-0.2, 0) is 23.0 Å². The first-order valence-electron chi connectivity index (χ1n) is 5.86. The van der Waals surface area contributed by atoms with Crippen LogP contribution >= 0.6 is 0 Å². The molecular weight excluding hydrogens is 315 g/mol. The second-order valence-corrected chi connectivity index (χ2v) is 5.95. The van der Waals surface area contributed by atoms with E-state index in [4.69, 9.17) is 0 Å². The first-order chi connectivity index (χ1) is 9.63. The highest BCUT2D eigenvalue weighted by atomic mass is 32.2. The molecule has 0 saturated heterocycles. The van der Waals surface area contributed by atoms with Gasteiger partial charge in [0.2, 0.25) is 5.88 Å². The number of carbonyl (C=O) groups excluding carboxylic acids is 1. The summed E-state index contributed by atoms with van der Waals surface area (Å²) >= 11 is 0. The van der Waals surface area contributed by atoms with Gasteiger partial charge < -0.3 is 14.1 Å². The lowest BCUT2D eigenvalue weighted by molar-refractivity contribution is -0.255. The Morgan fingerprint density at radius 2 is 1.81 bits per heavy atom. The number of nitrogens with zero attached hydrogens (tertiary/aromatic N) is 1. The lowest BCUT2D eigenvalue weighted by Crippen LogP contribution is -2.30. The Labute approximate surface area is 117 Å². The van der Waals surface area contributed by atoms with Crippen LogP contribution in [0.25, 0.3) is 0 Å². The lowest BCUT2D eigenvalue weighted by atomic mass is 9.90. The van der Waals surface area contributed by atoms with Crippen LogP contribution in [0, 0.1) is 0 Å². The number of aromatic carboxylic acids is 1. The van der Waals surface area contributed by atoms with Crippen LogP contribution in [0.1, 0.15) is 34.3 Å². The summed E-state index contributed by atoms with van der Waals surface area (Å²) in [5, 5.41) is 10.9. The fourth-order valence-corrected chi connectivity index (χ4v) is 2.56. The van der Waals surface area contributed by atoms with Crippen molar-refractivity contribution in [1.29, 1.82) is 0 Å². The summed E-state index contributed by atoms with van der Waals surface area (Å²) in [6.45, 7) is 0. The number of alkyl halides is 3. The topological polar surface area (TPSA) is 96.4 Å². The van der Waals surface area contributed by atoms with Gasteiger partial charge in [0, 0.05) is 17.3 Å². The quantitative estimate of drug-likeness (QED) is 0.595. The monoisotopic (exact) mass is 324 g/mol. The number of fused-ring (bicyclic) bond motifs is 1. The van der Waals surface area contributed by atoms with Gasteiger partial charge in [-0.15, -0.1) is 0 Å². The summed E-state index contributed by atoms with van der Waals surface area (Å²) in [6.07, 6.45) is 2.41. The zero-order valence-electron chi connectivity index (χ0n) is 10.4. The lowest BCUT2D eigenvalue weighted by Gasteiger charge is -2.22. The van der Waals surface area contributed by atoms with Crippen LogP contribution in [0.4, 0.5) is 13.2 Å². The van der Waals surface area contributed by atoms with Crippen molar-refractivity contribution in [2.75, 3.05) is 0 Å². The molecule has 0 radical (unpaired) electrons. The zero-order valence-corrected chi connectivity index (χ0v) is 11.3. The number of aromatic nitrogens is 1. The SMILES string of the molecule is O=C([O-])c1cnc(OS(=O)(=O)C(F)(F)F)c2c1CCCC2. The third-order valence-electron chi connectivity index (χ3n) is 3.05. The van der Waals surface area contributed by atoms with Crippen LogP contribution in [-0.4, -0.2) is 24.9 Å². The number of carboxylic acid groups (broad SMARTS) is 1. The summed E-state index contributed by atoms with van der Waals surface area (Å²) in [7, 11) is -5.84. The van der Waals surface area contributed by atoms with Crippen molar-refractivity contribution in [3.63, 3.8) is 0 Å².